The molecule has 7 heteroatoms. The quantitative estimate of drug-likeness (QED) is 0.407. The summed E-state index contributed by atoms with van der Waals surface area (Å²) in [7, 11) is 0. The number of rotatable bonds is 3. The van der Waals surface area contributed by atoms with Gasteiger partial charge in [-0.3, -0.25) is 9.59 Å². The van der Waals surface area contributed by atoms with Gasteiger partial charge in [-0.1, -0.05) is 17.2 Å². The van der Waals surface area contributed by atoms with E-state index >= 15 is 0 Å². The highest BCUT2D eigenvalue weighted by Gasteiger charge is 2.65. The highest BCUT2D eigenvalue weighted by molar-refractivity contribution is 6.09. The van der Waals surface area contributed by atoms with Crippen molar-refractivity contribution >= 4 is 23.7 Å². The van der Waals surface area contributed by atoms with Gasteiger partial charge < -0.3 is 14.2 Å². The van der Waals surface area contributed by atoms with E-state index in [1.807, 2.05) is 13.8 Å². The fourth-order valence-electron chi connectivity index (χ4n) is 4.67. The molecule has 0 N–H and O–H groups in total. The fraction of sp³-hybridized carbons (Fsp3) is 0.545. The summed E-state index contributed by atoms with van der Waals surface area (Å²) in [5.41, 5.74) is 0.921. The zero-order valence-electron chi connectivity index (χ0n) is 17.5. The van der Waals surface area contributed by atoms with Crippen LogP contribution in [0.5, 0.6) is 0 Å². The minimum absolute atomic E-state index is 0.127. The lowest BCUT2D eigenvalue weighted by atomic mass is 9.77. The molecule has 7 nitrogen and oxygen atoms in total. The number of allylic oxidation sites excluding steroid dienone is 2. The molecule has 5 atom stereocenters. The van der Waals surface area contributed by atoms with Crippen LogP contribution in [-0.4, -0.2) is 41.5 Å². The van der Waals surface area contributed by atoms with E-state index in [4.69, 9.17) is 14.2 Å². The molecule has 29 heavy (non-hydrogen) atoms. The van der Waals surface area contributed by atoms with Gasteiger partial charge in [0.1, 0.15) is 12.2 Å². The molecule has 3 rings (SSSR count). The number of carbonyl (C=O) groups is 4. The third-order valence-electron chi connectivity index (χ3n) is 6.13. The largest absolute Gasteiger partial charge is 0.458 e. The predicted octanol–water partition coefficient (Wildman–Crippen LogP) is 2.59. The maximum atomic E-state index is 12.8. The zero-order chi connectivity index (χ0) is 21.7. The third-order valence-corrected chi connectivity index (χ3v) is 6.13. The van der Waals surface area contributed by atoms with Gasteiger partial charge in [0.25, 0.3) is 0 Å². The lowest BCUT2D eigenvalue weighted by Crippen LogP contribution is -2.50. The standard InChI is InChI=1S/C22H26O7/c1-7-10(2)20(25)27-15-9-12(4)16-14(24)8-11(3)17(16)19-18(15)22(6,21(26)28-19)29-13(5)23/h7-8,15,17-19H,9H2,1-6H3/b10-7+. The Balaban J connectivity index is 2.13. The Morgan fingerprint density at radius 2 is 1.90 bits per heavy atom. The summed E-state index contributed by atoms with van der Waals surface area (Å²) in [5, 5.41) is 0. The molecule has 0 radical (unpaired) electrons. The van der Waals surface area contributed by atoms with Crippen molar-refractivity contribution in [2.45, 2.75) is 65.8 Å². The van der Waals surface area contributed by atoms with Crippen LogP contribution >= 0.6 is 0 Å². The Kier molecular flexibility index (Phi) is 5.28. The second-order valence-electron chi connectivity index (χ2n) is 8.14. The molecule has 0 aromatic carbocycles. The topological polar surface area (TPSA) is 96.0 Å². The van der Waals surface area contributed by atoms with Crippen LogP contribution in [0.2, 0.25) is 0 Å². The van der Waals surface area contributed by atoms with Crippen LogP contribution in [0, 0.1) is 11.8 Å². The van der Waals surface area contributed by atoms with Crippen LogP contribution in [0.15, 0.2) is 34.4 Å². The van der Waals surface area contributed by atoms with Crippen LogP contribution < -0.4 is 0 Å². The first kappa shape index (κ1) is 21.0. The summed E-state index contributed by atoms with van der Waals surface area (Å²) in [4.78, 5) is 49.7. The number of esters is 3. The van der Waals surface area contributed by atoms with Crippen molar-refractivity contribution < 1.29 is 33.4 Å². The molecule has 5 unspecified atom stereocenters. The summed E-state index contributed by atoms with van der Waals surface area (Å²) in [6.07, 6.45) is 1.86. The second kappa shape index (κ2) is 7.28. The van der Waals surface area contributed by atoms with E-state index in [2.05, 4.69) is 0 Å². The van der Waals surface area contributed by atoms with Gasteiger partial charge >= 0.3 is 17.9 Å². The number of hydrogen-bond acceptors (Lipinski definition) is 7. The lowest BCUT2D eigenvalue weighted by molar-refractivity contribution is -0.176. The van der Waals surface area contributed by atoms with Gasteiger partial charge in [-0.15, -0.1) is 0 Å². The first-order valence-corrected chi connectivity index (χ1v) is 9.68. The van der Waals surface area contributed by atoms with E-state index in [0.29, 0.717) is 11.1 Å². The average Bonchev–Trinajstić information content (AvgIpc) is 3.00. The van der Waals surface area contributed by atoms with Crippen LogP contribution in [-0.2, 0) is 33.4 Å². The summed E-state index contributed by atoms with van der Waals surface area (Å²) in [5.74, 6) is -3.18. The van der Waals surface area contributed by atoms with Crippen molar-refractivity contribution in [3.63, 3.8) is 0 Å². The second-order valence-corrected chi connectivity index (χ2v) is 8.14. The summed E-state index contributed by atoms with van der Waals surface area (Å²) in [6, 6.07) is 0. The third kappa shape index (κ3) is 3.32. The van der Waals surface area contributed by atoms with Crippen LogP contribution in [0.1, 0.15) is 48.0 Å². The molecule has 0 spiro atoms. The van der Waals surface area contributed by atoms with Crippen LogP contribution in [0.3, 0.4) is 0 Å². The molecular weight excluding hydrogens is 376 g/mol. The van der Waals surface area contributed by atoms with Gasteiger partial charge in [-0.05, 0) is 40.7 Å². The summed E-state index contributed by atoms with van der Waals surface area (Å²) in [6.45, 7) is 9.69. The Labute approximate surface area is 169 Å². The number of hydrogen-bond donors (Lipinski definition) is 0. The Morgan fingerprint density at radius 3 is 2.48 bits per heavy atom. The molecular formula is C22H26O7. The van der Waals surface area contributed by atoms with Crippen LogP contribution in [0.4, 0.5) is 0 Å². The zero-order valence-corrected chi connectivity index (χ0v) is 17.5. The van der Waals surface area contributed by atoms with Crippen molar-refractivity contribution in [3.8, 4) is 0 Å². The maximum absolute atomic E-state index is 12.8. The van der Waals surface area contributed by atoms with Gasteiger partial charge in [0.15, 0.2) is 5.78 Å². The molecule has 1 heterocycles. The lowest BCUT2D eigenvalue weighted by Gasteiger charge is -2.34. The van der Waals surface area contributed by atoms with E-state index < -0.39 is 47.6 Å². The number of carbonyl (C=O) groups excluding carboxylic acids is 4. The molecule has 2 aliphatic carbocycles. The molecule has 1 saturated heterocycles. The van der Waals surface area contributed by atoms with Gasteiger partial charge in [0.2, 0.25) is 5.60 Å². The van der Waals surface area contributed by atoms with Crippen molar-refractivity contribution in [3.05, 3.63) is 34.4 Å². The molecule has 3 aliphatic rings. The first-order valence-electron chi connectivity index (χ1n) is 9.68. The Bertz CT molecular complexity index is 891. The summed E-state index contributed by atoms with van der Waals surface area (Å²) >= 11 is 0. The van der Waals surface area contributed by atoms with Gasteiger partial charge in [-0.25, -0.2) is 9.59 Å². The van der Waals surface area contributed by atoms with E-state index in [-0.39, 0.29) is 12.2 Å². The smallest absolute Gasteiger partial charge is 0.351 e. The summed E-state index contributed by atoms with van der Waals surface area (Å²) < 4.78 is 16.9. The molecule has 0 aromatic rings. The molecule has 0 bridgehead atoms. The maximum Gasteiger partial charge on any atom is 0.351 e. The highest BCUT2D eigenvalue weighted by atomic mass is 16.6. The highest BCUT2D eigenvalue weighted by Crippen LogP contribution is 2.51. The molecule has 1 fully saturated rings. The fourth-order valence-corrected chi connectivity index (χ4v) is 4.67. The van der Waals surface area contributed by atoms with Crippen molar-refractivity contribution in [1.82, 2.24) is 0 Å². The van der Waals surface area contributed by atoms with Gasteiger partial charge in [0.05, 0.1) is 5.92 Å². The SMILES string of the molecule is C/C=C(\C)C(=O)OC1CC(C)=C2C(=O)C=C(C)C2C2OC(=O)C(C)(OC(C)=O)C12. The minimum atomic E-state index is -1.62. The van der Waals surface area contributed by atoms with E-state index in [1.165, 1.54) is 13.8 Å². The number of fused-ring (bicyclic) bond motifs is 3. The molecule has 1 aliphatic heterocycles. The van der Waals surface area contributed by atoms with Crippen molar-refractivity contribution in [2.24, 2.45) is 11.8 Å². The average molecular weight is 402 g/mol. The molecule has 0 aromatic heterocycles. The normalized spacial score (nSPS) is 34.1. The monoisotopic (exact) mass is 402 g/mol. The van der Waals surface area contributed by atoms with E-state index in [0.717, 1.165) is 11.1 Å². The minimum Gasteiger partial charge on any atom is -0.458 e. The molecule has 156 valence electrons. The molecule has 0 amide bonds. The number of ketones is 1. The Morgan fingerprint density at radius 1 is 1.24 bits per heavy atom. The van der Waals surface area contributed by atoms with Crippen molar-refractivity contribution in [2.75, 3.05) is 0 Å². The van der Waals surface area contributed by atoms with Gasteiger partial charge in [0, 0.05) is 30.4 Å². The van der Waals surface area contributed by atoms with E-state index in [1.54, 1.807) is 26.0 Å². The van der Waals surface area contributed by atoms with Crippen LogP contribution in [0.25, 0.3) is 0 Å². The molecule has 0 saturated carbocycles. The first-order chi connectivity index (χ1) is 13.5. The number of ether oxygens (including phenoxy) is 3. The predicted molar refractivity (Wildman–Crippen MR) is 102 cm³/mol. The Hall–Kier alpha value is -2.70. The van der Waals surface area contributed by atoms with Gasteiger partial charge in [-0.2, -0.15) is 0 Å². The van der Waals surface area contributed by atoms with Crippen molar-refractivity contribution in [1.29, 1.82) is 0 Å². The van der Waals surface area contributed by atoms with E-state index in [9.17, 15) is 19.2 Å².